The molecule has 0 radical (unpaired) electrons. The number of carbonyl (C=O) groups is 1. The van der Waals surface area contributed by atoms with Crippen molar-refractivity contribution >= 4 is 40.6 Å². The van der Waals surface area contributed by atoms with Crippen LogP contribution in [-0.2, 0) is 0 Å². The van der Waals surface area contributed by atoms with Gasteiger partial charge in [-0.25, -0.2) is 5.43 Å². The standard InChI is InChI=1S/C21H18ClN3O2/c22-19-12-15(9-10-20(19)26)21(27)25-24-13-16-8-7-14(4-3-11-23)17-5-1-2-6-18(16)17/h1-10,12-13,26H,11,23H2,(H,25,27). The summed E-state index contributed by atoms with van der Waals surface area (Å²) in [4.78, 5) is 12.1. The Labute approximate surface area is 161 Å². The number of aromatic hydroxyl groups is 1. The van der Waals surface area contributed by atoms with Crippen LogP contribution in [0.25, 0.3) is 16.8 Å². The Hall–Kier alpha value is -3.15. The molecule has 0 fully saturated rings. The Morgan fingerprint density at radius 3 is 2.52 bits per heavy atom. The summed E-state index contributed by atoms with van der Waals surface area (Å²) in [5.74, 6) is -0.494. The maximum absolute atomic E-state index is 12.1. The molecule has 1 amide bonds. The molecule has 3 aromatic carbocycles. The van der Waals surface area contributed by atoms with E-state index in [2.05, 4.69) is 10.5 Å². The van der Waals surface area contributed by atoms with E-state index in [1.165, 1.54) is 18.2 Å². The van der Waals surface area contributed by atoms with Crippen LogP contribution in [0.1, 0.15) is 21.5 Å². The second-order valence-corrected chi connectivity index (χ2v) is 6.20. The maximum atomic E-state index is 12.1. The summed E-state index contributed by atoms with van der Waals surface area (Å²) in [6, 6.07) is 16.1. The minimum atomic E-state index is -0.417. The van der Waals surface area contributed by atoms with Gasteiger partial charge in [0.05, 0.1) is 11.2 Å². The monoisotopic (exact) mass is 379 g/mol. The molecule has 0 heterocycles. The predicted molar refractivity (Wildman–Crippen MR) is 110 cm³/mol. The van der Waals surface area contributed by atoms with Crippen molar-refractivity contribution in [2.75, 3.05) is 6.54 Å². The molecular weight excluding hydrogens is 362 g/mol. The van der Waals surface area contributed by atoms with E-state index < -0.39 is 5.91 Å². The van der Waals surface area contributed by atoms with Crippen molar-refractivity contribution in [3.8, 4) is 5.75 Å². The lowest BCUT2D eigenvalue weighted by Crippen LogP contribution is -2.17. The quantitative estimate of drug-likeness (QED) is 0.463. The molecular formula is C21H18ClN3O2. The summed E-state index contributed by atoms with van der Waals surface area (Å²) in [5.41, 5.74) is 10.3. The SMILES string of the molecule is NCC=Cc1ccc(C=NNC(=O)c2ccc(O)c(Cl)c2)c2ccccc12. The lowest BCUT2D eigenvalue weighted by atomic mass is 10.00. The molecule has 0 atom stereocenters. The van der Waals surface area contributed by atoms with E-state index >= 15 is 0 Å². The first kappa shape index (κ1) is 18.6. The molecule has 0 saturated heterocycles. The van der Waals surface area contributed by atoms with Gasteiger partial charge in [0.15, 0.2) is 0 Å². The third-order valence-electron chi connectivity index (χ3n) is 4.00. The normalized spacial score (nSPS) is 11.5. The second kappa shape index (κ2) is 8.49. The van der Waals surface area contributed by atoms with Crippen molar-refractivity contribution in [1.29, 1.82) is 0 Å². The van der Waals surface area contributed by atoms with Gasteiger partial charge in [-0.2, -0.15) is 5.10 Å². The van der Waals surface area contributed by atoms with Gasteiger partial charge in [0, 0.05) is 17.7 Å². The Bertz CT molecular complexity index is 1040. The fourth-order valence-electron chi connectivity index (χ4n) is 2.67. The molecule has 0 aliphatic carbocycles. The number of hydrazone groups is 1. The van der Waals surface area contributed by atoms with Crippen molar-refractivity contribution in [3.05, 3.63) is 82.4 Å². The van der Waals surface area contributed by atoms with E-state index in [0.717, 1.165) is 21.9 Å². The predicted octanol–water partition coefficient (Wildman–Crippen LogP) is 3.93. The molecule has 3 rings (SSSR count). The molecule has 0 spiro atoms. The number of nitrogens with one attached hydrogen (secondary N) is 1. The number of amides is 1. The summed E-state index contributed by atoms with van der Waals surface area (Å²) in [6.07, 6.45) is 5.48. The molecule has 3 aromatic rings. The zero-order valence-corrected chi connectivity index (χ0v) is 15.1. The van der Waals surface area contributed by atoms with E-state index in [1.54, 1.807) is 6.21 Å². The number of nitrogens with zero attached hydrogens (tertiary/aromatic N) is 1. The number of halogens is 1. The van der Waals surface area contributed by atoms with Crippen molar-refractivity contribution in [2.24, 2.45) is 10.8 Å². The van der Waals surface area contributed by atoms with Crippen LogP contribution in [0.4, 0.5) is 0 Å². The zero-order chi connectivity index (χ0) is 19.2. The number of hydrogen-bond donors (Lipinski definition) is 3. The molecule has 4 N–H and O–H groups in total. The van der Waals surface area contributed by atoms with E-state index in [9.17, 15) is 9.90 Å². The molecule has 0 saturated carbocycles. The zero-order valence-electron chi connectivity index (χ0n) is 14.4. The number of phenolic OH excluding ortho intramolecular Hbond substituents is 1. The fourth-order valence-corrected chi connectivity index (χ4v) is 2.85. The first-order valence-electron chi connectivity index (χ1n) is 8.30. The Morgan fingerprint density at radius 2 is 1.81 bits per heavy atom. The second-order valence-electron chi connectivity index (χ2n) is 5.79. The largest absolute Gasteiger partial charge is 0.506 e. The molecule has 0 aliphatic heterocycles. The number of carbonyl (C=O) groups excluding carboxylic acids is 1. The molecule has 0 aliphatic rings. The van der Waals surface area contributed by atoms with Gasteiger partial charge in [0.25, 0.3) is 5.91 Å². The van der Waals surface area contributed by atoms with Crippen LogP contribution in [0, 0.1) is 0 Å². The van der Waals surface area contributed by atoms with Gasteiger partial charge >= 0.3 is 0 Å². The average molecular weight is 380 g/mol. The van der Waals surface area contributed by atoms with Gasteiger partial charge in [0.1, 0.15) is 5.75 Å². The van der Waals surface area contributed by atoms with Gasteiger partial charge in [-0.15, -0.1) is 0 Å². The van der Waals surface area contributed by atoms with Crippen LogP contribution in [0.3, 0.4) is 0 Å². The van der Waals surface area contributed by atoms with Crippen LogP contribution in [-0.4, -0.2) is 23.8 Å². The number of benzene rings is 3. The average Bonchev–Trinajstić information content (AvgIpc) is 2.69. The molecule has 0 aromatic heterocycles. The van der Waals surface area contributed by atoms with Crippen molar-refractivity contribution in [1.82, 2.24) is 5.43 Å². The van der Waals surface area contributed by atoms with Gasteiger partial charge in [0.2, 0.25) is 0 Å². The van der Waals surface area contributed by atoms with Crippen molar-refractivity contribution in [2.45, 2.75) is 0 Å². The maximum Gasteiger partial charge on any atom is 0.271 e. The topological polar surface area (TPSA) is 87.7 Å². The molecule has 27 heavy (non-hydrogen) atoms. The van der Waals surface area contributed by atoms with Crippen molar-refractivity contribution < 1.29 is 9.90 Å². The first-order valence-corrected chi connectivity index (χ1v) is 8.68. The highest BCUT2D eigenvalue weighted by atomic mass is 35.5. The summed E-state index contributed by atoms with van der Waals surface area (Å²) in [6.45, 7) is 0.477. The molecule has 0 unspecified atom stereocenters. The number of phenols is 1. The Balaban J connectivity index is 1.83. The molecule has 6 heteroatoms. The fraction of sp³-hybridized carbons (Fsp3) is 0.0476. The van der Waals surface area contributed by atoms with E-state index in [0.29, 0.717) is 12.1 Å². The highest BCUT2D eigenvalue weighted by Crippen LogP contribution is 2.24. The summed E-state index contributed by atoms with van der Waals surface area (Å²) >= 11 is 5.82. The smallest absolute Gasteiger partial charge is 0.271 e. The third kappa shape index (κ3) is 4.34. The van der Waals surface area contributed by atoms with Gasteiger partial charge < -0.3 is 10.8 Å². The highest BCUT2D eigenvalue weighted by molar-refractivity contribution is 6.32. The molecule has 5 nitrogen and oxygen atoms in total. The Kier molecular flexibility index (Phi) is 5.86. The van der Waals surface area contributed by atoms with Gasteiger partial charge in [-0.05, 0) is 34.5 Å². The number of nitrogens with two attached hydrogens (primary N) is 1. The minimum Gasteiger partial charge on any atom is -0.506 e. The van der Waals surface area contributed by atoms with Crippen molar-refractivity contribution in [3.63, 3.8) is 0 Å². The lowest BCUT2D eigenvalue weighted by molar-refractivity contribution is 0.0955. The van der Waals surface area contributed by atoms with Crippen LogP contribution in [0.15, 0.2) is 65.8 Å². The summed E-state index contributed by atoms with van der Waals surface area (Å²) in [5, 5.41) is 15.7. The summed E-state index contributed by atoms with van der Waals surface area (Å²) < 4.78 is 0. The lowest BCUT2D eigenvalue weighted by Gasteiger charge is -2.06. The van der Waals surface area contributed by atoms with Crippen LogP contribution < -0.4 is 11.2 Å². The Morgan fingerprint density at radius 1 is 1.11 bits per heavy atom. The number of rotatable bonds is 5. The van der Waals surface area contributed by atoms with E-state index in [4.69, 9.17) is 17.3 Å². The third-order valence-corrected chi connectivity index (χ3v) is 4.31. The van der Waals surface area contributed by atoms with Gasteiger partial charge in [-0.1, -0.05) is 60.2 Å². The van der Waals surface area contributed by atoms with E-state index in [-0.39, 0.29) is 10.8 Å². The van der Waals surface area contributed by atoms with Crippen LogP contribution in [0.2, 0.25) is 5.02 Å². The van der Waals surface area contributed by atoms with Crippen LogP contribution >= 0.6 is 11.6 Å². The van der Waals surface area contributed by atoms with Crippen LogP contribution in [0.5, 0.6) is 5.75 Å². The molecule has 136 valence electrons. The number of hydrogen-bond acceptors (Lipinski definition) is 4. The van der Waals surface area contributed by atoms with E-state index in [1.807, 2.05) is 48.6 Å². The summed E-state index contributed by atoms with van der Waals surface area (Å²) in [7, 11) is 0. The molecule has 0 bridgehead atoms. The highest BCUT2D eigenvalue weighted by Gasteiger charge is 2.07. The number of fused-ring (bicyclic) bond motifs is 1. The first-order chi connectivity index (χ1) is 13.1. The minimum absolute atomic E-state index is 0.0769. The van der Waals surface area contributed by atoms with Gasteiger partial charge in [-0.3, -0.25) is 4.79 Å².